The largest absolute Gasteiger partial charge is 0.497 e. The summed E-state index contributed by atoms with van der Waals surface area (Å²) in [7, 11) is 3.17. The number of hydrazone groups is 1. The Morgan fingerprint density at radius 1 is 0.882 bits per heavy atom. The minimum absolute atomic E-state index is 0.300. The SMILES string of the molecule is COc1ccc(-c2[nH]n(-c3ccc(OC)cc3)c(=O)c2/C(C)=N/NC(=O)c2ccccc2)cc1. The first-order valence-electron chi connectivity index (χ1n) is 10.6. The molecule has 4 rings (SSSR count). The lowest BCUT2D eigenvalue weighted by atomic mass is 10.1. The van der Waals surface area contributed by atoms with Gasteiger partial charge in [0.15, 0.2) is 0 Å². The van der Waals surface area contributed by atoms with E-state index in [9.17, 15) is 9.59 Å². The van der Waals surface area contributed by atoms with Gasteiger partial charge < -0.3 is 9.47 Å². The summed E-state index contributed by atoms with van der Waals surface area (Å²) >= 11 is 0. The highest BCUT2D eigenvalue weighted by atomic mass is 16.5. The first-order valence-corrected chi connectivity index (χ1v) is 10.6. The molecule has 1 aromatic heterocycles. The molecule has 2 N–H and O–H groups in total. The zero-order valence-electron chi connectivity index (χ0n) is 19.0. The van der Waals surface area contributed by atoms with Gasteiger partial charge in [-0.05, 0) is 67.6 Å². The molecule has 0 unspecified atom stereocenters. The summed E-state index contributed by atoms with van der Waals surface area (Å²) < 4.78 is 11.9. The van der Waals surface area contributed by atoms with Crippen LogP contribution in [0.5, 0.6) is 11.5 Å². The monoisotopic (exact) mass is 456 g/mol. The zero-order chi connectivity index (χ0) is 24.1. The van der Waals surface area contributed by atoms with Crippen molar-refractivity contribution in [2.24, 2.45) is 5.10 Å². The summed E-state index contributed by atoms with van der Waals surface area (Å²) in [5.74, 6) is 1.01. The number of ether oxygens (including phenoxy) is 2. The van der Waals surface area contributed by atoms with Crippen LogP contribution >= 0.6 is 0 Å². The van der Waals surface area contributed by atoms with E-state index in [0.717, 1.165) is 5.56 Å². The molecule has 3 aromatic carbocycles. The Morgan fingerprint density at radius 3 is 2.06 bits per heavy atom. The van der Waals surface area contributed by atoms with E-state index in [1.165, 1.54) is 4.68 Å². The van der Waals surface area contributed by atoms with Gasteiger partial charge in [0.2, 0.25) is 0 Å². The number of nitrogens with one attached hydrogen (secondary N) is 2. The van der Waals surface area contributed by atoms with Crippen LogP contribution in [0.3, 0.4) is 0 Å². The molecule has 0 aliphatic rings. The maximum absolute atomic E-state index is 13.5. The topological polar surface area (TPSA) is 97.7 Å². The van der Waals surface area contributed by atoms with Gasteiger partial charge >= 0.3 is 0 Å². The van der Waals surface area contributed by atoms with Crippen molar-refractivity contribution < 1.29 is 14.3 Å². The Hall–Kier alpha value is -4.59. The predicted octanol–water partition coefficient (Wildman–Crippen LogP) is 4.00. The molecular weight excluding hydrogens is 432 g/mol. The van der Waals surface area contributed by atoms with Crippen molar-refractivity contribution in [2.45, 2.75) is 6.92 Å². The summed E-state index contributed by atoms with van der Waals surface area (Å²) in [6, 6.07) is 23.2. The molecule has 0 bridgehead atoms. The van der Waals surface area contributed by atoms with Gasteiger partial charge in [-0.3, -0.25) is 14.7 Å². The van der Waals surface area contributed by atoms with Crippen LogP contribution in [0.4, 0.5) is 0 Å². The van der Waals surface area contributed by atoms with E-state index >= 15 is 0 Å². The van der Waals surface area contributed by atoms with E-state index in [4.69, 9.17) is 9.47 Å². The molecule has 0 saturated heterocycles. The number of H-pyrrole nitrogens is 1. The molecule has 8 heteroatoms. The van der Waals surface area contributed by atoms with Crippen LogP contribution in [-0.4, -0.2) is 35.6 Å². The second kappa shape index (κ2) is 9.91. The number of nitrogens with zero attached hydrogens (tertiary/aromatic N) is 2. The Balaban J connectivity index is 1.77. The van der Waals surface area contributed by atoms with Crippen molar-refractivity contribution in [3.8, 4) is 28.4 Å². The molecule has 0 aliphatic heterocycles. The fourth-order valence-electron chi connectivity index (χ4n) is 3.50. The molecule has 8 nitrogen and oxygen atoms in total. The molecule has 0 saturated carbocycles. The summed E-state index contributed by atoms with van der Waals surface area (Å²) in [6.07, 6.45) is 0. The Labute approximate surface area is 196 Å². The normalized spacial score (nSPS) is 11.2. The molecule has 1 amide bonds. The van der Waals surface area contributed by atoms with Crippen LogP contribution in [-0.2, 0) is 0 Å². The van der Waals surface area contributed by atoms with E-state index < -0.39 is 0 Å². The maximum Gasteiger partial charge on any atom is 0.281 e. The second-order valence-electron chi connectivity index (χ2n) is 7.43. The smallest absolute Gasteiger partial charge is 0.281 e. The molecule has 0 aliphatic carbocycles. The van der Waals surface area contributed by atoms with Crippen molar-refractivity contribution in [1.82, 2.24) is 15.2 Å². The predicted molar refractivity (Wildman–Crippen MR) is 131 cm³/mol. The summed E-state index contributed by atoms with van der Waals surface area (Å²) in [5.41, 5.74) is 5.38. The van der Waals surface area contributed by atoms with E-state index in [0.29, 0.717) is 39.7 Å². The number of hydrogen-bond acceptors (Lipinski definition) is 5. The van der Waals surface area contributed by atoms with Crippen LogP contribution < -0.4 is 20.5 Å². The third-order valence-electron chi connectivity index (χ3n) is 5.32. The number of methoxy groups -OCH3 is 2. The van der Waals surface area contributed by atoms with Crippen LogP contribution in [0, 0.1) is 0 Å². The van der Waals surface area contributed by atoms with Gasteiger partial charge in [0.25, 0.3) is 11.5 Å². The lowest BCUT2D eigenvalue weighted by Crippen LogP contribution is -2.23. The Morgan fingerprint density at radius 2 is 1.47 bits per heavy atom. The second-order valence-corrected chi connectivity index (χ2v) is 7.43. The van der Waals surface area contributed by atoms with Crippen LogP contribution in [0.15, 0.2) is 88.8 Å². The van der Waals surface area contributed by atoms with Gasteiger partial charge in [-0.25, -0.2) is 10.1 Å². The average molecular weight is 457 g/mol. The average Bonchev–Trinajstić information content (AvgIpc) is 3.24. The van der Waals surface area contributed by atoms with Crippen molar-refractivity contribution >= 4 is 11.6 Å². The van der Waals surface area contributed by atoms with Crippen LogP contribution in [0.1, 0.15) is 22.8 Å². The number of hydrogen-bond donors (Lipinski definition) is 2. The number of rotatable bonds is 7. The quantitative estimate of drug-likeness (QED) is 0.324. The van der Waals surface area contributed by atoms with Gasteiger partial charge in [0.1, 0.15) is 11.5 Å². The van der Waals surface area contributed by atoms with Crippen molar-refractivity contribution in [3.05, 3.63) is 100 Å². The van der Waals surface area contributed by atoms with Gasteiger partial charge in [-0.2, -0.15) is 5.10 Å². The van der Waals surface area contributed by atoms with Crippen molar-refractivity contribution in [1.29, 1.82) is 0 Å². The third-order valence-corrected chi connectivity index (χ3v) is 5.32. The lowest BCUT2D eigenvalue weighted by Gasteiger charge is -2.05. The summed E-state index contributed by atoms with van der Waals surface area (Å²) in [5, 5.41) is 7.41. The van der Waals surface area contributed by atoms with Gasteiger partial charge in [-0.1, -0.05) is 18.2 Å². The number of benzene rings is 3. The molecule has 0 spiro atoms. The Kier molecular flexibility index (Phi) is 6.59. The number of aromatic nitrogens is 2. The van der Waals surface area contributed by atoms with Crippen LogP contribution in [0.2, 0.25) is 0 Å². The molecule has 34 heavy (non-hydrogen) atoms. The Bertz CT molecular complexity index is 1370. The highest BCUT2D eigenvalue weighted by molar-refractivity contribution is 6.04. The number of amides is 1. The summed E-state index contributed by atoms with van der Waals surface area (Å²) in [6.45, 7) is 1.68. The molecule has 172 valence electrons. The van der Waals surface area contributed by atoms with Gasteiger partial charge in [0.05, 0.1) is 36.9 Å². The molecule has 0 fully saturated rings. The fraction of sp³-hybridized carbons (Fsp3) is 0.115. The fourth-order valence-corrected chi connectivity index (χ4v) is 3.50. The number of aromatic amines is 1. The molecule has 0 radical (unpaired) electrons. The molecule has 4 aromatic rings. The van der Waals surface area contributed by atoms with Crippen molar-refractivity contribution in [3.63, 3.8) is 0 Å². The highest BCUT2D eigenvalue weighted by Gasteiger charge is 2.20. The highest BCUT2D eigenvalue weighted by Crippen LogP contribution is 2.24. The van der Waals surface area contributed by atoms with Crippen LogP contribution in [0.25, 0.3) is 16.9 Å². The number of carbonyl (C=O) groups excluding carboxylic acids is 1. The van der Waals surface area contributed by atoms with Gasteiger partial charge in [0, 0.05) is 11.1 Å². The molecular formula is C26H24N4O4. The first-order chi connectivity index (χ1) is 16.5. The van der Waals surface area contributed by atoms with Crippen molar-refractivity contribution in [2.75, 3.05) is 14.2 Å². The van der Waals surface area contributed by atoms with E-state index in [1.807, 2.05) is 30.3 Å². The summed E-state index contributed by atoms with van der Waals surface area (Å²) in [4.78, 5) is 25.9. The van der Waals surface area contributed by atoms with E-state index in [-0.39, 0.29) is 11.5 Å². The number of carbonyl (C=O) groups is 1. The third kappa shape index (κ3) is 4.61. The first kappa shape index (κ1) is 22.6. The minimum Gasteiger partial charge on any atom is -0.497 e. The lowest BCUT2D eigenvalue weighted by molar-refractivity contribution is 0.0955. The standard InChI is InChI=1S/C26H24N4O4/c1-17(27-28-25(31)19-7-5-4-6-8-19)23-24(18-9-13-21(33-2)14-10-18)29-30(26(23)32)20-11-15-22(34-3)16-12-20/h4-16,29H,1-3H3,(H,28,31)/b27-17+. The molecule has 0 atom stereocenters. The van der Waals surface area contributed by atoms with Gasteiger partial charge in [-0.15, -0.1) is 0 Å². The zero-order valence-corrected chi connectivity index (χ0v) is 19.0. The van der Waals surface area contributed by atoms with E-state index in [2.05, 4.69) is 15.6 Å². The maximum atomic E-state index is 13.5. The minimum atomic E-state index is -0.364. The molecule has 1 heterocycles. The van der Waals surface area contributed by atoms with E-state index in [1.54, 1.807) is 69.7 Å².